The number of carbonyl (C=O) groups is 1. The zero-order valence-corrected chi connectivity index (χ0v) is 15.2. The van der Waals surface area contributed by atoms with Gasteiger partial charge in [-0.2, -0.15) is 0 Å². The summed E-state index contributed by atoms with van der Waals surface area (Å²) in [6.45, 7) is 5.07. The zero-order valence-electron chi connectivity index (χ0n) is 13.6. The number of urea groups is 1. The number of hydrogen-bond acceptors (Lipinski definition) is 4. The van der Waals surface area contributed by atoms with Crippen molar-refractivity contribution in [2.75, 3.05) is 24.5 Å². The molecule has 0 spiro atoms. The summed E-state index contributed by atoms with van der Waals surface area (Å²) in [5, 5.41) is 9.55. The molecule has 0 saturated carbocycles. The van der Waals surface area contributed by atoms with Crippen molar-refractivity contribution in [3.05, 3.63) is 45.4 Å². The van der Waals surface area contributed by atoms with Gasteiger partial charge in [0.15, 0.2) is 0 Å². The van der Waals surface area contributed by atoms with Gasteiger partial charge in [-0.15, -0.1) is 11.3 Å². The largest absolute Gasteiger partial charge is 0.371 e. The molecule has 0 unspecified atom stereocenters. The van der Waals surface area contributed by atoms with E-state index in [1.165, 1.54) is 5.69 Å². The van der Waals surface area contributed by atoms with E-state index in [0.717, 1.165) is 35.2 Å². The molecule has 0 bridgehead atoms. The molecule has 0 radical (unpaired) electrons. The Bertz CT molecular complexity index is 688. The topological polar surface area (TPSA) is 57.3 Å². The molecule has 7 heteroatoms. The molecule has 1 saturated heterocycles. The maximum atomic E-state index is 11.9. The van der Waals surface area contributed by atoms with Crippen LogP contribution in [0.4, 0.5) is 10.5 Å². The van der Waals surface area contributed by atoms with Gasteiger partial charge in [0.05, 0.1) is 17.2 Å². The second-order valence-corrected chi connectivity index (χ2v) is 7.50. The number of amides is 2. The molecule has 1 aromatic heterocycles. The Hall–Kier alpha value is -1.79. The number of nitrogens with zero attached hydrogens (tertiary/aromatic N) is 2. The van der Waals surface area contributed by atoms with E-state index in [1.807, 2.05) is 36.6 Å². The molecular weight excluding hydrogens is 344 g/mol. The number of carbonyl (C=O) groups excluding carboxylic acids is 1. The van der Waals surface area contributed by atoms with Gasteiger partial charge in [0.1, 0.15) is 0 Å². The van der Waals surface area contributed by atoms with Gasteiger partial charge in [0.25, 0.3) is 0 Å². The Labute approximate surface area is 151 Å². The third-order valence-electron chi connectivity index (χ3n) is 4.13. The minimum atomic E-state index is -0.134. The highest BCUT2D eigenvalue weighted by molar-refractivity contribution is 7.09. The fourth-order valence-electron chi connectivity index (χ4n) is 2.85. The Morgan fingerprint density at radius 3 is 2.88 bits per heavy atom. The fraction of sp³-hybridized carbons (Fsp3) is 0.412. The van der Waals surface area contributed by atoms with E-state index in [0.29, 0.717) is 19.0 Å². The lowest BCUT2D eigenvalue weighted by Gasteiger charge is -2.19. The van der Waals surface area contributed by atoms with Crippen molar-refractivity contribution in [1.29, 1.82) is 0 Å². The second-order valence-electron chi connectivity index (χ2n) is 6.00. The first-order chi connectivity index (χ1) is 11.6. The molecule has 128 valence electrons. The summed E-state index contributed by atoms with van der Waals surface area (Å²) in [6, 6.07) is 7.78. The highest BCUT2D eigenvalue weighted by Gasteiger charge is 2.23. The molecule has 1 aromatic carbocycles. The molecule has 5 nitrogen and oxygen atoms in total. The lowest BCUT2D eigenvalue weighted by molar-refractivity contribution is 0.239. The minimum Gasteiger partial charge on any atom is -0.371 e. The van der Waals surface area contributed by atoms with Crippen LogP contribution in [0.25, 0.3) is 0 Å². The number of hydrogen-bond donors (Lipinski definition) is 2. The quantitative estimate of drug-likeness (QED) is 0.854. The molecular formula is C17H21ClN4OS. The maximum absolute atomic E-state index is 11.9. The molecule has 3 rings (SSSR count). The van der Waals surface area contributed by atoms with Gasteiger partial charge in [-0.1, -0.05) is 11.6 Å². The Morgan fingerprint density at radius 1 is 1.38 bits per heavy atom. The summed E-state index contributed by atoms with van der Waals surface area (Å²) < 4.78 is 0. The lowest BCUT2D eigenvalue weighted by atomic mass is 10.1. The van der Waals surface area contributed by atoms with Crippen molar-refractivity contribution < 1.29 is 4.79 Å². The summed E-state index contributed by atoms with van der Waals surface area (Å²) in [6.07, 6.45) is 1.08. The van der Waals surface area contributed by atoms with Crippen LogP contribution in [0.15, 0.2) is 29.6 Å². The van der Waals surface area contributed by atoms with Crippen molar-refractivity contribution in [2.45, 2.75) is 19.9 Å². The first-order valence-corrected chi connectivity index (χ1v) is 9.29. The van der Waals surface area contributed by atoms with Crippen molar-refractivity contribution in [1.82, 2.24) is 15.6 Å². The smallest absolute Gasteiger partial charge is 0.315 e. The Morgan fingerprint density at radius 2 is 2.17 bits per heavy atom. The Kier molecular flexibility index (Phi) is 5.58. The first-order valence-electron chi connectivity index (χ1n) is 8.03. The molecule has 2 amide bonds. The number of benzene rings is 1. The van der Waals surface area contributed by atoms with Crippen LogP contribution in [0.3, 0.4) is 0 Å². The average molecular weight is 365 g/mol. The fourth-order valence-corrected chi connectivity index (χ4v) is 3.58. The number of nitrogens with one attached hydrogen (secondary N) is 2. The summed E-state index contributed by atoms with van der Waals surface area (Å²) >= 11 is 7.52. The van der Waals surface area contributed by atoms with Gasteiger partial charge in [-0.25, -0.2) is 9.78 Å². The predicted octanol–water partition coefficient (Wildman–Crippen LogP) is 3.43. The normalized spacial score (nSPS) is 17.1. The standard InChI is InChI=1S/C17H21ClN4OS/c1-12-21-15(11-24-12)9-20-17(23)19-8-13-6-7-22(10-13)16-4-2-14(18)3-5-16/h2-5,11,13H,6-10H2,1H3,(H2,19,20,23)/t13-/m1/s1. The second kappa shape index (κ2) is 7.85. The molecule has 1 fully saturated rings. The van der Waals surface area contributed by atoms with E-state index in [9.17, 15) is 4.79 Å². The van der Waals surface area contributed by atoms with Crippen LogP contribution in [0.5, 0.6) is 0 Å². The predicted molar refractivity (Wildman–Crippen MR) is 98.9 cm³/mol. The van der Waals surface area contributed by atoms with Crippen LogP contribution < -0.4 is 15.5 Å². The number of aryl methyl sites for hydroxylation is 1. The van der Waals surface area contributed by atoms with Crippen molar-refractivity contribution in [3.63, 3.8) is 0 Å². The number of aromatic nitrogens is 1. The third-order valence-corrected chi connectivity index (χ3v) is 5.20. The van der Waals surface area contributed by atoms with Crippen LogP contribution in [0, 0.1) is 12.8 Å². The van der Waals surface area contributed by atoms with Gasteiger partial charge in [0.2, 0.25) is 0 Å². The highest BCUT2D eigenvalue weighted by atomic mass is 35.5. The van der Waals surface area contributed by atoms with E-state index in [4.69, 9.17) is 11.6 Å². The zero-order chi connectivity index (χ0) is 16.9. The molecule has 2 N–H and O–H groups in total. The highest BCUT2D eigenvalue weighted by Crippen LogP contribution is 2.24. The molecule has 0 aliphatic carbocycles. The lowest BCUT2D eigenvalue weighted by Crippen LogP contribution is -2.38. The van der Waals surface area contributed by atoms with Gasteiger partial charge in [-0.3, -0.25) is 0 Å². The number of thiazole rings is 1. The van der Waals surface area contributed by atoms with Crippen LogP contribution in [-0.2, 0) is 6.54 Å². The van der Waals surface area contributed by atoms with E-state index in [2.05, 4.69) is 20.5 Å². The number of rotatable bonds is 5. The Balaban J connectivity index is 1.39. The summed E-state index contributed by atoms with van der Waals surface area (Å²) in [5.74, 6) is 0.466. The van der Waals surface area contributed by atoms with Gasteiger partial charge >= 0.3 is 6.03 Å². The molecule has 2 heterocycles. The minimum absolute atomic E-state index is 0.134. The molecule has 2 aromatic rings. The van der Waals surface area contributed by atoms with Gasteiger partial charge in [0, 0.05) is 35.7 Å². The van der Waals surface area contributed by atoms with E-state index >= 15 is 0 Å². The number of anilines is 1. The average Bonchev–Trinajstić information content (AvgIpc) is 3.21. The summed E-state index contributed by atoms with van der Waals surface area (Å²) in [5.41, 5.74) is 2.09. The summed E-state index contributed by atoms with van der Waals surface area (Å²) in [7, 11) is 0. The molecule has 1 aliphatic rings. The van der Waals surface area contributed by atoms with E-state index in [1.54, 1.807) is 11.3 Å². The van der Waals surface area contributed by atoms with E-state index < -0.39 is 0 Å². The van der Waals surface area contributed by atoms with Crippen molar-refractivity contribution in [2.24, 2.45) is 5.92 Å². The van der Waals surface area contributed by atoms with E-state index in [-0.39, 0.29) is 6.03 Å². The van der Waals surface area contributed by atoms with Crippen LogP contribution in [-0.4, -0.2) is 30.6 Å². The van der Waals surface area contributed by atoms with Crippen molar-refractivity contribution in [3.8, 4) is 0 Å². The monoisotopic (exact) mass is 364 g/mol. The first kappa shape index (κ1) is 17.0. The van der Waals surface area contributed by atoms with Crippen molar-refractivity contribution >= 4 is 34.7 Å². The van der Waals surface area contributed by atoms with Crippen LogP contribution in [0.1, 0.15) is 17.1 Å². The van der Waals surface area contributed by atoms with Gasteiger partial charge in [-0.05, 0) is 43.5 Å². The molecule has 1 aliphatic heterocycles. The molecule has 1 atom stereocenters. The van der Waals surface area contributed by atoms with Crippen LogP contribution >= 0.6 is 22.9 Å². The van der Waals surface area contributed by atoms with Gasteiger partial charge < -0.3 is 15.5 Å². The third kappa shape index (κ3) is 4.61. The SMILES string of the molecule is Cc1nc(CNC(=O)NC[C@H]2CCN(c3ccc(Cl)cc3)C2)cs1. The maximum Gasteiger partial charge on any atom is 0.315 e. The number of halogens is 1. The summed E-state index contributed by atoms with van der Waals surface area (Å²) in [4.78, 5) is 18.6. The molecule has 24 heavy (non-hydrogen) atoms. The van der Waals surface area contributed by atoms with Crippen LogP contribution in [0.2, 0.25) is 5.02 Å².